The minimum Gasteiger partial charge on any atom is -0.358 e. The highest BCUT2D eigenvalue weighted by molar-refractivity contribution is 5.84. The van der Waals surface area contributed by atoms with Gasteiger partial charge in [-0.3, -0.25) is 4.79 Å². The molecule has 0 bridgehead atoms. The molecule has 1 aromatic carbocycles. The molecule has 0 radical (unpaired) electrons. The minimum atomic E-state index is 0.672. The molecule has 0 saturated heterocycles. The van der Waals surface area contributed by atoms with E-state index < -0.39 is 0 Å². The SMILES string of the molecule is C=CCn1cc(CCNC=O)c2ccccc21. The maximum absolute atomic E-state index is 10.2. The summed E-state index contributed by atoms with van der Waals surface area (Å²) in [6.07, 6.45) is 5.62. The number of fused-ring (bicyclic) bond motifs is 1. The molecular weight excluding hydrogens is 212 g/mol. The number of hydrogen-bond donors (Lipinski definition) is 1. The van der Waals surface area contributed by atoms with Crippen LogP contribution in [0.3, 0.4) is 0 Å². The number of para-hydroxylation sites is 1. The van der Waals surface area contributed by atoms with Gasteiger partial charge < -0.3 is 9.88 Å². The van der Waals surface area contributed by atoms with Crippen molar-refractivity contribution in [2.75, 3.05) is 6.54 Å². The van der Waals surface area contributed by atoms with Crippen LogP contribution in [0.15, 0.2) is 43.1 Å². The summed E-state index contributed by atoms with van der Waals surface area (Å²) in [4.78, 5) is 10.2. The highest BCUT2D eigenvalue weighted by atomic mass is 16.1. The molecule has 1 amide bonds. The van der Waals surface area contributed by atoms with Crippen LogP contribution < -0.4 is 5.32 Å². The number of aromatic nitrogens is 1. The molecule has 3 nitrogen and oxygen atoms in total. The molecule has 1 heterocycles. The van der Waals surface area contributed by atoms with Crippen LogP contribution in [-0.2, 0) is 17.8 Å². The average molecular weight is 228 g/mol. The Kier molecular flexibility index (Phi) is 3.60. The maximum atomic E-state index is 10.2. The molecule has 0 aliphatic heterocycles. The normalized spacial score (nSPS) is 10.4. The average Bonchev–Trinajstić information content (AvgIpc) is 2.70. The summed E-state index contributed by atoms with van der Waals surface area (Å²) in [6.45, 7) is 5.25. The van der Waals surface area contributed by atoms with Gasteiger partial charge in [0.2, 0.25) is 6.41 Å². The lowest BCUT2D eigenvalue weighted by molar-refractivity contribution is -0.109. The van der Waals surface area contributed by atoms with Crippen molar-refractivity contribution >= 4 is 17.3 Å². The van der Waals surface area contributed by atoms with Gasteiger partial charge in [-0.2, -0.15) is 0 Å². The molecule has 1 aromatic heterocycles. The molecule has 0 aliphatic carbocycles. The van der Waals surface area contributed by atoms with E-state index in [1.54, 1.807) is 0 Å². The van der Waals surface area contributed by atoms with Gasteiger partial charge in [-0.15, -0.1) is 6.58 Å². The fraction of sp³-hybridized carbons (Fsp3) is 0.214. The van der Waals surface area contributed by atoms with Crippen molar-refractivity contribution in [2.24, 2.45) is 0 Å². The van der Waals surface area contributed by atoms with Crippen LogP contribution in [0.1, 0.15) is 5.56 Å². The summed E-state index contributed by atoms with van der Waals surface area (Å²) in [5.41, 5.74) is 2.48. The number of nitrogens with zero attached hydrogens (tertiary/aromatic N) is 1. The maximum Gasteiger partial charge on any atom is 0.207 e. The molecular formula is C14H16N2O. The zero-order chi connectivity index (χ0) is 12.1. The van der Waals surface area contributed by atoms with Crippen LogP contribution in [-0.4, -0.2) is 17.5 Å². The molecule has 3 heteroatoms. The summed E-state index contributed by atoms with van der Waals surface area (Å²) >= 11 is 0. The van der Waals surface area contributed by atoms with Crippen molar-refractivity contribution in [1.29, 1.82) is 0 Å². The summed E-state index contributed by atoms with van der Waals surface area (Å²) in [6, 6.07) is 8.30. The Morgan fingerprint density at radius 2 is 2.18 bits per heavy atom. The predicted molar refractivity (Wildman–Crippen MR) is 69.9 cm³/mol. The van der Waals surface area contributed by atoms with E-state index in [1.807, 2.05) is 18.2 Å². The Labute approximate surface area is 101 Å². The number of rotatable bonds is 6. The third-order valence-corrected chi connectivity index (χ3v) is 2.82. The molecule has 0 aliphatic rings. The van der Waals surface area contributed by atoms with E-state index in [0.29, 0.717) is 6.54 Å². The van der Waals surface area contributed by atoms with Crippen LogP contribution in [0, 0.1) is 0 Å². The lowest BCUT2D eigenvalue weighted by atomic mass is 10.1. The fourth-order valence-corrected chi connectivity index (χ4v) is 2.08. The number of carbonyl (C=O) groups excluding carboxylic acids is 1. The Bertz CT molecular complexity index is 528. The van der Waals surface area contributed by atoms with E-state index >= 15 is 0 Å². The van der Waals surface area contributed by atoms with Crippen molar-refractivity contribution < 1.29 is 4.79 Å². The van der Waals surface area contributed by atoms with E-state index in [1.165, 1.54) is 16.5 Å². The highest BCUT2D eigenvalue weighted by Crippen LogP contribution is 2.21. The first-order chi connectivity index (χ1) is 8.36. The first-order valence-electron chi connectivity index (χ1n) is 5.71. The number of allylic oxidation sites excluding steroid dienone is 1. The van der Waals surface area contributed by atoms with E-state index in [-0.39, 0.29) is 0 Å². The third kappa shape index (κ3) is 2.38. The smallest absolute Gasteiger partial charge is 0.207 e. The van der Waals surface area contributed by atoms with E-state index in [2.05, 4.69) is 34.8 Å². The number of hydrogen-bond acceptors (Lipinski definition) is 1. The summed E-state index contributed by atoms with van der Waals surface area (Å²) in [5, 5.41) is 3.94. The lowest BCUT2D eigenvalue weighted by Gasteiger charge is -1.99. The number of amides is 1. The van der Waals surface area contributed by atoms with E-state index in [0.717, 1.165) is 19.4 Å². The van der Waals surface area contributed by atoms with Gasteiger partial charge in [0.15, 0.2) is 0 Å². The molecule has 88 valence electrons. The Hall–Kier alpha value is -2.03. The van der Waals surface area contributed by atoms with Gasteiger partial charge in [0.25, 0.3) is 0 Å². The van der Waals surface area contributed by atoms with Crippen LogP contribution in [0.5, 0.6) is 0 Å². The zero-order valence-electron chi connectivity index (χ0n) is 9.73. The second-order valence-corrected chi connectivity index (χ2v) is 3.93. The Morgan fingerprint density at radius 3 is 2.94 bits per heavy atom. The van der Waals surface area contributed by atoms with Gasteiger partial charge in [-0.05, 0) is 18.1 Å². The number of benzene rings is 1. The van der Waals surface area contributed by atoms with Crippen molar-refractivity contribution in [3.63, 3.8) is 0 Å². The Balaban J connectivity index is 2.34. The molecule has 0 atom stereocenters. The van der Waals surface area contributed by atoms with Gasteiger partial charge >= 0.3 is 0 Å². The van der Waals surface area contributed by atoms with Crippen LogP contribution in [0.2, 0.25) is 0 Å². The first kappa shape index (κ1) is 11.5. The standard InChI is InChI=1S/C14H16N2O/c1-2-9-16-10-12(7-8-15-11-17)13-5-3-4-6-14(13)16/h2-6,10-11H,1,7-9H2,(H,15,17). The molecule has 0 fully saturated rings. The highest BCUT2D eigenvalue weighted by Gasteiger charge is 2.06. The van der Waals surface area contributed by atoms with Crippen LogP contribution >= 0.6 is 0 Å². The second kappa shape index (κ2) is 5.34. The van der Waals surface area contributed by atoms with Crippen molar-refractivity contribution in [1.82, 2.24) is 9.88 Å². The molecule has 17 heavy (non-hydrogen) atoms. The van der Waals surface area contributed by atoms with Gasteiger partial charge in [0.1, 0.15) is 0 Å². The van der Waals surface area contributed by atoms with Crippen LogP contribution in [0.4, 0.5) is 0 Å². The second-order valence-electron chi connectivity index (χ2n) is 3.93. The molecule has 2 rings (SSSR count). The van der Waals surface area contributed by atoms with Gasteiger partial charge in [-0.25, -0.2) is 0 Å². The minimum absolute atomic E-state index is 0.672. The third-order valence-electron chi connectivity index (χ3n) is 2.82. The first-order valence-corrected chi connectivity index (χ1v) is 5.71. The molecule has 0 saturated carbocycles. The van der Waals surface area contributed by atoms with Gasteiger partial charge in [-0.1, -0.05) is 24.3 Å². The Morgan fingerprint density at radius 1 is 1.35 bits per heavy atom. The largest absolute Gasteiger partial charge is 0.358 e. The topological polar surface area (TPSA) is 34.0 Å². The predicted octanol–water partition coefficient (Wildman–Crippen LogP) is 2.12. The molecule has 2 aromatic rings. The van der Waals surface area contributed by atoms with Gasteiger partial charge in [0, 0.05) is 30.2 Å². The molecule has 1 N–H and O–H groups in total. The number of nitrogens with one attached hydrogen (secondary N) is 1. The zero-order valence-corrected chi connectivity index (χ0v) is 9.73. The summed E-state index contributed by atoms with van der Waals surface area (Å²) < 4.78 is 2.18. The fourth-order valence-electron chi connectivity index (χ4n) is 2.08. The van der Waals surface area contributed by atoms with Crippen LogP contribution in [0.25, 0.3) is 10.9 Å². The van der Waals surface area contributed by atoms with Crippen molar-refractivity contribution in [2.45, 2.75) is 13.0 Å². The van der Waals surface area contributed by atoms with E-state index in [9.17, 15) is 4.79 Å². The van der Waals surface area contributed by atoms with Crippen molar-refractivity contribution in [3.8, 4) is 0 Å². The van der Waals surface area contributed by atoms with Gasteiger partial charge in [0.05, 0.1) is 0 Å². The number of carbonyl (C=O) groups is 1. The lowest BCUT2D eigenvalue weighted by Crippen LogP contribution is -2.14. The van der Waals surface area contributed by atoms with Crippen molar-refractivity contribution in [3.05, 3.63) is 48.7 Å². The summed E-state index contributed by atoms with van der Waals surface area (Å²) in [5.74, 6) is 0. The summed E-state index contributed by atoms with van der Waals surface area (Å²) in [7, 11) is 0. The van der Waals surface area contributed by atoms with E-state index in [4.69, 9.17) is 0 Å². The molecule has 0 spiro atoms. The monoisotopic (exact) mass is 228 g/mol. The quantitative estimate of drug-likeness (QED) is 0.458. The molecule has 0 unspecified atom stereocenters.